The highest BCUT2D eigenvalue weighted by Crippen LogP contribution is 2.70. The fourth-order valence-electron chi connectivity index (χ4n) is 10.1. The van der Waals surface area contributed by atoms with E-state index in [0.717, 1.165) is 56.4 Å². The van der Waals surface area contributed by atoms with Crippen LogP contribution in [-0.4, -0.2) is 21.8 Å². The lowest BCUT2D eigenvalue weighted by Crippen LogP contribution is -2.61. The summed E-state index contributed by atoms with van der Waals surface area (Å²) in [7, 11) is 0. The molecular weight excluding hydrogens is 474 g/mol. The van der Waals surface area contributed by atoms with E-state index in [1.807, 2.05) is 32.9 Å². The van der Waals surface area contributed by atoms with E-state index in [4.69, 9.17) is 4.42 Å². The molecule has 0 radical (unpaired) electrons. The number of aromatic nitrogens is 2. The van der Waals surface area contributed by atoms with E-state index in [0.29, 0.717) is 5.89 Å². The van der Waals surface area contributed by atoms with Crippen molar-refractivity contribution in [2.45, 2.75) is 98.8 Å². The molecule has 1 aromatic rings. The molecule has 5 aliphatic rings. The number of aryl methyl sites for hydroxylation is 1. The molecule has 0 saturated heterocycles. The van der Waals surface area contributed by atoms with E-state index in [2.05, 4.69) is 44.0 Å². The van der Waals surface area contributed by atoms with Gasteiger partial charge in [0.2, 0.25) is 11.8 Å². The predicted molar refractivity (Wildman–Crippen MR) is 143 cm³/mol. The minimum atomic E-state index is -0.637. The van der Waals surface area contributed by atoms with Gasteiger partial charge in [0.15, 0.2) is 11.6 Å². The Morgan fingerprint density at radius 2 is 1.71 bits per heavy atom. The Morgan fingerprint density at radius 1 is 0.974 bits per heavy atom. The first-order valence-corrected chi connectivity index (χ1v) is 14.4. The maximum atomic E-state index is 14.4. The van der Waals surface area contributed by atoms with Crippen molar-refractivity contribution >= 4 is 11.6 Å². The molecular formula is C32H41N3O3. The average molecular weight is 516 g/mol. The van der Waals surface area contributed by atoms with Crippen LogP contribution in [0.2, 0.25) is 0 Å². The van der Waals surface area contributed by atoms with Gasteiger partial charge >= 0.3 is 0 Å². The van der Waals surface area contributed by atoms with Crippen molar-refractivity contribution in [3.63, 3.8) is 0 Å². The number of ketones is 2. The highest BCUT2D eigenvalue weighted by atomic mass is 16.4. The zero-order chi connectivity index (χ0) is 27.5. The Hall–Kier alpha value is -2.55. The van der Waals surface area contributed by atoms with Crippen LogP contribution >= 0.6 is 0 Å². The largest absolute Gasteiger partial charge is 0.425 e. The molecule has 7 atom stereocenters. The molecule has 6 heteroatoms. The molecule has 202 valence electrons. The number of hydrogen-bond acceptors (Lipinski definition) is 6. The number of nitriles is 1. The molecule has 1 aromatic heterocycles. The first kappa shape index (κ1) is 25.7. The molecule has 0 N–H and O–H groups in total. The number of carbonyl (C=O) groups is 2. The lowest BCUT2D eigenvalue weighted by molar-refractivity contribution is -0.142. The van der Waals surface area contributed by atoms with E-state index in [1.54, 1.807) is 0 Å². The molecule has 0 aliphatic heterocycles. The number of nitrogens with zero attached hydrogens (tertiary/aromatic N) is 3. The number of fused-ring (bicyclic) bond motifs is 7. The van der Waals surface area contributed by atoms with Gasteiger partial charge in [0.05, 0.1) is 11.0 Å². The monoisotopic (exact) mass is 515 g/mol. The summed E-state index contributed by atoms with van der Waals surface area (Å²) in [6, 6.07) is 2.19. The van der Waals surface area contributed by atoms with Crippen molar-refractivity contribution in [3.8, 4) is 6.07 Å². The maximum Gasteiger partial charge on any atom is 0.222 e. The molecule has 6 rings (SSSR count). The molecule has 0 spiro atoms. The highest BCUT2D eigenvalue weighted by molar-refractivity contribution is 6.04. The van der Waals surface area contributed by atoms with Crippen LogP contribution in [0.15, 0.2) is 27.7 Å². The van der Waals surface area contributed by atoms with Crippen LogP contribution in [0, 0.1) is 63.6 Å². The third kappa shape index (κ3) is 3.17. The van der Waals surface area contributed by atoms with Gasteiger partial charge in [-0.3, -0.25) is 9.59 Å². The van der Waals surface area contributed by atoms with E-state index < -0.39 is 10.8 Å². The number of carbonyl (C=O) groups excluding carboxylic acids is 2. The van der Waals surface area contributed by atoms with Crippen molar-refractivity contribution in [3.05, 3.63) is 35.1 Å². The van der Waals surface area contributed by atoms with Gasteiger partial charge in [-0.05, 0) is 79.6 Å². The predicted octanol–water partition coefficient (Wildman–Crippen LogP) is 6.46. The first-order chi connectivity index (χ1) is 17.7. The van der Waals surface area contributed by atoms with Gasteiger partial charge < -0.3 is 4.42 Å². The third-order valence-electron chi connectivity index (χ3n) is 12.0. The average Bonchev–Trinajstić information content (AvgIpc) is 3.29. The fraction of sp³-hybridized carbons (Fsp3) is 0.719. The van der Waals surface area contributed by atoms with Crippen molar-refractivity contribution in [1.82, 2.24) is 10.2 Å². The Bertz CT molecular complexity index is 1340. The molecule has 6 nitrogen and oxygen atoms in total. The van der Waals surface area contributed by atoms with Crippen molar-refractivity contribution in [1.29, 1.82) is 5.26 Å². The molecule has 1 heterocycles. The maximum absolute atomic E-state index is 14.4. The summed E-state index contributed by atoms with van der Waals surface area (Å²) in [4.78, 5) is 27.6. The van der Waals surface area contributed by atoms with Crippen LogP contribution in [0.1, 0.15) is 98.3 Å². The standard InChI is InChI=1S/C32H41N3O3/c1-18-34-35-27(38-18)32-11-8-20-25(21(32)16-28(2,3)12-13-32)22(36)14-24-30(20,6)10-9-23-29(4,5)26(37)19(17-33)15-31(23,24)7/h14-15,20-21,23,25H,8-13,16H2,1-7H3. The van der Waals surface area contributed by atoms with Gasteiger partial charge in [-0.15, -0.1) is 10.2 Å². The van der Waals surface area contributed by atoms with Crippen molar-refractivity contribution in [2.24, 2.45) is 45.3 Å². The first-order valence-electron chi connectivity index (χ1n) is 14.4. The van der Waals surface area contributed by atoms with Gasteiger partial charge in [0, 0.05) is 23.7 Å². The van der Waals surface area contributed by atoms with Gasteiger partial charge in [-0.1, -0.05) is 53.2 Å². The molecule has 3 fully saturated rings. The fourth-order valence-corrected chi connectivity index (χ4v) is 10.1. The van der Waals surface area contributed by atoms with Gasteiger partial charge in [-0.2, -0.15) is 5.26 Å². The summed E-state index contributed by atoms with van der Waals surface area (Å²) in [6.07, 6.45) is 10.7. The molecule has 0 amide bonds. The summed E-state index contributed by atoms with van der Waals surface area (Å²) in [5, 5.41) is 18.6. The molecule has 0 bridgehead atoms. The highest BCUT2D eigenvalue weighted by Gasteiger charge is 2.66. The van der Waals surface area contributed by atoms with Crippen molar-refractivity contribution in [2.75, 3.05) is 0 Å². The van der Waals surface area contributed by atoms with E-state index in [9.17, 15) is 14.9 Å². The number of allylic oxidation sites excluding steroid dienone is 4. The van der Waals surface area contributed by atoms with Crippen molar-refractivity contribution < 1.29 is 14.0 Å². The number of hydrogen-bond donors (Lipinski definition) is 0. The molecule has 0 aromatic carbocycles. The van der Waals surface area contributed by atoms with Crippen LogP contribution in [0.5, 0.6) is 0 Å². The van der Waals surface area contributed by atoms with E-state index in [-0.39, 0.29) is 57.1 Å². The lowest BCUT2D eigenvalue weighted by atomic mass is 9.38. The lowest BCUT2D eigenvalue weighted by Gasteiger charge is -2.64. The van der Waals surface area contributed by atoms with Crippen LogP contribution < -0.4 is 0 Å². The van der Waals surface area contributed by atoms with Gasteiger partial charge in [-0.25, -0.2) is 0 Å². The Balaban J connectivity index is 1.50. The number of rotatable bonds is 1. The van der Waals surface area contributed by atoms with Crippen LogP contribution in [-0.2, 0) is 15.0 Å². The van der Waals surface area contributed by atoms with E-state index in [1.165, 1.54) is 0 Å². The summed E-state index contributed by atoms with van der Waals surface area (Å²) < 4.78 is 6.12. The molecule has 3 saturated carbocycles. The quantitative estimate of drug-likeness (QED) is 0.426. The van der Waals surface area contributed by atoms with E-state index >= 15 is 0 Å². The molecule has 5 aliphatic carbocycles. The molecule has 38 heavy (non-hydrogen) atoms. The zero-order valence-electron chi connectivity index (χ0n) is 24.0. The minimum absolute atomic E-state index is 0.0616. The molecule has 7 unspecified atom stereocenters. The van der Waals surface area contributed by atoms with Crippen LogP contribution in [0.4, 0.5) is 0 Å². The summed E-state index contributed by atoms with van der Waals surface area (Å²) in [6.45, 7) is 15.0. The Labute approximate surface area is 226 Å². The Morgan fingerprint density at radius 3 is 2.37 bits per heavy atom. The topological polar surface area (TPSA) is 96.9 Å². The third-order valence-corrected chi connectivity index (χ3v) is 12.0. The second-order valence-electron chi connectivity index (χ2n) is 14.9. The van der Waals surface area contributed by atoms with Crippen LogP contribution in [0.3, 0.4) is 0 Å². The second-order valence-corrected chi connectivity index (χ2v) is 14.9. The Kier molecular flexibility index (Phi) is 5.26. The smallest absolute Gasteiger partial charge is 0.222 e. The summed E-state index contributed by atoms with van der Waals surface area (Å²) in [5.41, 5.74) is 0.0214. The zero-order valence-corrected chi connectivity index (χ0v) is 24.0. The minimum Gasteiger partial charge on any atom is -0.425 e. The van der Waals surface area contributed by atoms with Gasteiger partial charge in [0.25, 0.3) is 0 Å². The summed E-state index contributed by atoms with van der Waals surface area (Å²) >= 11 is 0. The summed E-state index contributed by atoms with van der Waals surface area (Å²) in [5.74, 6) is 1.84. The second kappa shape index (κ2) is 7.77. The van der Waals surface area contributed by atoms with Crippen LogP contribution in [0.25, 0.3) is 0 Å². The number of Topliss-reactive ketones (excluding diaryl/α,β-unsaturated/α-hetero) is 1. The SMILES string of the molecule is Cc1nnc(C23CCC4C(C(=O)C=C5C6(C)C=C(C#N)C(=O)C(C)(C)C6CCC54C)C2CC(C)(C)CC3)o1. The van der Waals surface area contributed by atoms with Gasteiger partial charge in [0.1, 0.15) is 6.07 Å². The normalized spacial score (nSPS) is 43.0.